The Balaban J connectivity index is 1.29. The number of rotatable bonds is 3. The standard InChI is InChI=1S/C24H21N7O/c32-23-22-17(6-9-26-22)18-15-16(4-5-20(18)28-23)19-7-10-27-24(29-19)31-13-11-30(12-14-31)21-3-1-2-8-25-21/h1-10,15,26H,11-14H2,(H,28,32). The zero-order chi connectivity index (χ0) is 21.5. The minimum Gasteiger partial charge on any atom is -0.357 e. The van der Waals surface area contributed by atoms with Crippen molar-refractivity contribution in [2.24, 2.45) is 0 Å². The van der Waals surface area contributed by atoms with Crippen LogP contribution in [0.1, 0.15) is 0 Å². The molecule has 158 valence electrons. The normalized spacial score (nSPS) is 14.4. The summed E-state index contributed by atoms with van der Waals surface area (Å²) in [5.74, 6) is 1.74. The minimum absolute atomic E-state index is 0.112. The summed E-state index contributed by atoms with van der Waals surface area (Å²) in [5.41, 5.74) is 3.13. The maximum Gasteiger partial charge on any atom is 0.272 e. The van der Waals surface area contributed by atoms with E-state index >= 15 is 0 Å². The molecule has 0 radical (unpaired) electrons. The van der Waals surface area contributed by atoms with Crippen LogP contribution in [0.2, 0.25) is 0 Å². The largest absolute Gasteiger partial charge is 0.357 e. The summed E-state index contributed by atoms with van der Waals surface area (Å²) in [5, 5.41) is 1.90. The van der Waals surface area contributed by atoms with Crippen molar-refractivity contribution in [3.63, 3.8) is 0 Å². The molecule has 5 heterocycles. The van der Waals surface area contributed by atoms with Crippen molar-refractivity contribution in [1.29, 1.82) is 0 Å². The van der Waals surface area contributed by atoms with Gasteiger partial charge < -0.3 is 19.8 Å². The lowest BCUT2D eigenvalue weighted by Crippen LogP contribution is -2.47. The Bertz CT molecular complexity index is 1470. The quantitative estimate of drug-likeness (QED) is 0.463. The molecule has 0 spiro atoms. The van der Waals surface area contributed by atoms with Gasteiger partial charge in [-0.1, -0.05) is 12.1 Å². The third-order valence-electron chi connectivity index (χ3n) is 6.01. The van der Waals surface area contributed by atoms with Gasteiger partial charge in [-0.15, -0.1) is 0 Å². The summed E-state index contributed by atoms with van der Waals surface area (Å²) < 4.78 is 0. The van der Waals surface area contributed by atoms with E-state index in [2.05, 4.69) is 35.8 Å². The number of benzene rings is 1. The lowest BCUT2D eigenvalue weighted by molar-refractivity contribution is 0.635. The van der Waals surface area contributed by atoms with Crippen LogP contribution in [0.4, 0.5) is 11.8 Å². The van der Waals surface area contributed by atoms with Crippen molar-refractivity contribution in [2.75, 3.05) is 36.0 Å². The number of H-pyrrole nitrogens is 2. The van der Waals surface area contributed by atoms with Crippen LogP contribution in [0.3, 0.4) is 0 Å². The molecule has 8 heteroatoms. The Morgan fingerprint density at radius 3 is 2.56 bits per heavy atom. The molecule has 0 amide bonds. The van der Waals surface area contributed by atoms with Gasteiger partial charge >= 0.3 is 0 Å². The van der Waals surface area contributed by atoms with Crippen molar-refractivity contribution in [3.05, 3.63) is 77.5 Å². The van der Waals surface area contributed by atoms with Gasteiger partial charge in [0.2, 0.25) is 5.95 Å². The average molecular weight is 423 g/mol. The van der Waals surface area contributed by atoms with Crippen LogP contribution in [0, 0.1) is 0 Å². The second-order valence-corrected chi connectivity index (χ2v) is 7.88. The monoisotopic (exact) mass is 423 g/mol. The summed E-state index contributed by atoms with van der Waals surface area (Å²) in [6.45, 7) is 3.42. The van der Waals surface area contributed by atoms with E-state index in [9.17, 15) is 4.79 Å². The SMILES string of the molecule is O=c1[nH]c2ccc(-c3ccnc(N4CCN(c5ccccn5)CC4)n3)cc2c2cc[nH]c12. The van der Waals surface area contributed by atoms with Crippen LogP contribution in [0.15, 0.2) is 71.9 Å². The van der Waals surface area contributed by atoms with Crippen molar-refractivity contribution in [3.8, 4) is 11.3 Å². The Morgan fingerprint density at radius 2 is 1.72 bits per heavy atom. The van der Waals surface area contributed by atoms with E-state index in [0.29, 0.717) is 5.52 Å². The predicted octanol–water partition coefficient (Wildman–Crippen LogP) is 3.19. The number of nitrogens with one attached hydrogen (secondary N) is 2. The molecular weight excluding hydrogens is 402 g/mol. The van der Waals surface area contributed by atoms with Gasteiger partial charge in [0.05, 0.1) is 5.69 Å². The first-order chi connectivity index (χ1) is 15.8. The van der Waals surface area contributed by atoms with E-state index in [1.54, 1.807) is 6.20 Å². The molecule has 0 saturated carbocycles. The number of hydrogen-bond acceptors (Lipinski definition) is 6. The Kier molecular flexibility index (Phi) is 4.34. The first kappa shape index (κ1) is 18.6. The van der Waals surface area contributed by atoms with Crippen molar-refractivity contribution in [2.45, 2.75) is 0 Å². The van der Waals surface area contributed by atoms with Crippen LogP contribution in [-0.4, -0.2) is 51.1 Å². The van der Waals surface area contributed by atoms with Gasteiger partial charge in [0.15, 0.2) is 0 Å². The fourth-order valence-electron chi connectivity index (χ4n) is 4.34. The summed E-state index contributed by atoms with van der Waals surface area (Å²) in [4.78, 5) is 36.5. The molecule has 1 aromatic carbocycles. The lowest BCUT2D eigenvalue weighted by atomic mass is 10.1. The highest BCUT2D eigenvalue weighted by Gasteiger charge is 2.20. The molecule has 0 bridgehead atoms. The molecule has 1 aliphatic heterocycles. The predicted molar refractivity (Wildman–Crippen MR) is 126 cm³/mol. The zero-order valence-electron chi connectivity index (χ0n) is 17.3. The van der Waals surface area contributed by atoms with Crippen molar-refractivity contribution >= 4 is 33.6 Å². The van der Waals surface area contributed by atoms with E-state index in [1.807, 2.05) is 54.9 Å². The molecule has 0 atom stereocenters. The Hall–Kier alpha value is -4.20. The van der Waals surface area contributed by atoms with Crippen molar-refractivity contribution in [1.82, 2.24) is 24.9 Å². The number of anilines is 2. The molecule has 5 aromatic rings. The van der Waals surface area contributed by atoms with Gasteiger partial charge in [-0.2, -0.15) is 0 Å². The van der Waals surface area contributed by atoms with Crippen molar-refractivity contribution < 1.29 is 0 Å². The van der Waals surface area contributed by atoms with Crippen LogP contribution >= 0.6 is 0 Å². The molecule has 6 rings (SSSR count). The number of pyridine rings is 2. The summed E-state index contributed by atoms with van der Waals surface area (Å²) in [6, 6.07) is 15.9. The smallest absolute Gasteiger partial charge is 0.272 e. The first-order valence-corrected chi connectivity index (χ1v) is 10.6. The third-order valence-corrected chi connectivity index (χ3v) is 6.01. The minimum atomic E-state index is -0.112. The average Bonchev–Trinajstić information content (AvgIpc) is 3.36. The molecule has 4 aromatic heterocycles. The summed E-state index contributed by atoms with van der Waals surface area (Å²) in [6.07, 6.45) is 5.43. The molecule has 1 aliphatic rings. The highest BCUT2D eigenvalue weighted by atomic mass is 16.1. The van der Waals surface area contributed by atoms with Gasteiger partial charge in [0, 0.05) is 66.6 Å². The van der Waals surface area contributed by atoms with Crippen LogP contribution in [0.25, 0.3) is 33.1 Å². The summed E-state index contributed by atoms with van der Waals surface area (Å²) in [7, 11) is 0. The van der Waals surface area contributed by atoms with Gasteiger partial charge in [0.25, 0.3) is 5.56 Å². The number of piperazine rings is 1. The maximum absolute atomic E-state index is 12.2. The molecule has 2 N–H and O–H groups in total. The molecule has 0 unspecified atom stereocenters. The first-order valence-electron chi connectivity index (χ1n) is 10.6. The second kappa shape index (κ2) is 7.49. The highest BCUT2D eigenvalue weighted by molar-refractivity contribution is 6.05. The molecular formula is C24H21N7O. The van der Waals surface area contributed by atoms with Gasteiger partial charge in [-0.25, -0.2) is 15.0 Å². The van der Waals surface area contributed by atoms with E-state index in [4.69, 9.17) is 4.98 Å². The molecule has 8 nitrogen and oxygen atoms in total. The number of fused-ring (bicyclic) bond motifs is 3. The fraction of sp³-hybridized carbons (Fsp3) is 0.167. The fourth-order valence-corrected chi connectivity index (χ4v) is 4.34. The third kappa shape index (κ3) is 3.17. The topological polar surface area (TPSA) is 93.8 Å². The van der Waals surface area contributed by atoms with Crippen LogP contribution < -0.4 is 15.4 Å². The Labute approximate surface area is 183 Å². The number of hydrogen-bond donors (Lipinski definition) is 2. The highest BCUT2D eigenvalue weighted by Crippen LogP contribution is 2.27. The van der Waals surface area contributed by atoms with Gasteiger partial charge in [-0.05, 0) is 36.4 Å². The second-order valence-electron chi connectivity index (χ2n) is 7.88. The van der Waals surface area contributed by atoms with E-state index < -0.39 is 0 Å². The number of aromatic amines is 2. The molecule has 32 heavy (non-hydrogen) atoms. The van der Waals surface area contributed by atoms with E-state index in [0.717, 1.165) is 65.5 Å². The Morgan fingerprint density at radius 1 is 0.844 bits per heavy atom. The number of nitrogens with zero attached hydrogens (tertiary/aromatic N) is 5. The molecule has 0 aliphatic carbocycles. The maximum atomic E-state index is 12.2. The van der Waals surface area contributed by atoms with Gasteiger partial charge in [0.1, 0.15) is 11.3 Å². The van der Waals surface area contributed by atoms with E-state index in [-0.39, 0.29) is 5.56 Å². The molecule has 1 fully saturated rings. The van der Waals surface area contributed by atoms with Gasteiger partial charge in [-0.3, -0.25) is 4.79 Å². The lowest BCUT2D eigenvalue weighted by Gasteiger charge is -2.35. The van der Waals surface area contributed by atoms with E-state index in [1.165, 1.54) is 0 Å². The van der Waals surface area contributed by atoms with Crippen LogP contribution in [-0.2, 0) is 0 Å². The van der Waals surface area contributed by atoms with Crippen LogP contribution in [0.5, 0.6) is 0 Å². The molecule has 1 saturated heterocycles. The zero-order valence-corrected chi connectivity index (χ0v) is 17.3. The summed E-state index contributed by atoms with van der Waals surface area (Å²) >= 11 is 0. The number of aromatic nitrogens is 5.